The molecule has 0 heterocycles. The summed E-state index contributed by atoms with van der Waals surface area (Å²) < 4.78 is 92.2. The van der Waals surface area contributed by atoms with Crippen LogP contribution in [0, 0.1) is 0 Å². The van der Waals surface area contributed by atoms with Crippen molar-refractivity contribution in [2.45, 2.75) is 18.0 Å². The molecule has 17 heavy (non-hydrogen) atoms. The van der Waals surface area contributed by atoms with Gasteiger partial charge in [-0.15, -0.1) is 0 Å². The van der Waals surface area contributed by atoms with Gasteiger partial charge in [-0.25, -0.2) is 4.79 Å². The highest BCUT2D eigenvalue weighted by Gasteiger charge is 2.77. The third kappa shape index (κ3) is 3.20. The molecule has 0 bridgehead atoms. The van der Waals surface area contributed by atoms with E-state index in [0.29, 0.717) is 0 Å². The van der Waals surface area contributed by atoms with Crippen molar-refractivity contribution < 1.29 is 45.0 Å². The molecule has 0 radical (unpaired) electrons. The van der Waals surface area contributed by atoms with E-state index in [1.54, 1.807) is 0 Å². The molecule has 102 valence electrons. The molecule has 0 fully saturated rings. The molecule has 0 aromatic heterocycles. The van der Waals surface area contributed by atoms with Gasteiger partial charge in [0.1, 0.15) is 6.61 Å². The van der Waals surface area contributed by atoms with Gasteiger partial charge in [0.05, 0.1) is 6.61 Å². The van der Waals surface area contributed by atoms with Crippen molar-refractivity contribution in [2.75, 3.05) is 20.3 Å². The van der Waals surface area contributed by atoms with Gasteiger partial charge in [-0.3, -0.25) is 0 Å². The Kier molecular flexibility index (Phi) is 4.75. The van der Waals surface area contributed by atoms with E-state index in [1.165, 1.54) is 0 Å². The molecule has 0 rings (SSSR count). The van der Waals surface area contributed by atoms with Crippen LogP contribution in [0.25, 0.3) is 0 Å². The number of ether oxygens (including phenoxy) is 2. The van der Waals surface area contributed by atoms with Gasteiger partial charge in [0.15, 0.2) is 0 Å². The lowest BCUT2D eigenvalue weighted by Gasteiger charge is -2.26. The van der Waals surface area contributed by atoms with Crippen molar-refractivity contribution in [3.05, 3.63) is 0 Å². The van der Waals surface area contributed by atoms with E-state index in [1.807, 2.05) is 0 Å². The maximum atomic E-state index is 12.5. The maximum absolute atomic E-state index is 12.5. The fraction of sp³-hybridized carbons (Fsp3) is 0.857. The Labute approximate surface area is 90.5 Å². The molecule has 0 unspecified atom stereocenters. The molecule has 0 aliphatic heterocycles. The topological polar surface area (TPSA) is 35.5 Å². The molecule has 0 amide bonds. The van der Waals surface area contributed by atoms with Crippen LogP contribution in [0.2, 0.25) is 0 Å². The second kappa shape index (κ2) is 5.07. The summed E-state index contributed by atoms with van der Waals surface area (Å²) >= 11 is 0. The van der Waals surface area contributed by atoms with Crippen LogP contribution in [0.3, 0.4) is 0 Å². The van der Waals surface area contributed by atoms with Gasteiger partial charge in [-0.1, -0.05) is 0 Å². The number of hydrogen-bond donors (Lipinski definition) is 0. The van der Waals surface area contributed by atoms with E-state index in [9.17, 15) is 35.5 Å². The Bertz CT molecular complexity index is 273. The number of carbonyl (C=O) groups excluding carboxylic acids is 1. The van der Waals surface area contributed by atoms with Gasteiger partial charge in [-0.05, 0) is 0 Å². The lowest BCUT2D eigenvalue weighted by molar-refractivity contribution is -0.348. The first kappa shape index (κ1) is 15.9. The van der Waals surface area contributed by atoms with E-state index in [4.69, 9.17) is 0 Å². The van der Waals surface area contributed by atoms with E-state index >= 15 is 0 Å². The maximum Gasteiger partial charge on any atom is 0.460 e. The summed E-state index contributed by atoms with van der Waals surface area (Å²) in [5, 5.41) is 0. The molecule has 0 saturated heterocycles. The first-order valence-corrected chi connectivity index (χ1v) is 3.97. The molecule has 0 atom stereocenters. The molecule has 0 aromatic carbocycles. The van der Waals surface area contributed by atoms with Crippen LogP contribution in [0.15, 0.2) is 0 Å². The third-order valence-electron chi connectivity index (χ3n) is 1.53. The highest BCUT2D eigenvalue weighted by Crippen LogP contribution is 2.46. The largest absolute Gasteiger partial charge is 0.460 e. The zero-order chi connectivity index (χ0) is 13.9. The summed E-state index contributed by atoms with van der Waals surface area (Å²) in [5.41, 5.74) is 0. The normalized spacial score (nSPS) is 13.6. The molecule has 0 N–H and O–H groups in total. The second-order valence-electron chi connectivity index (χ2n) is 2.78. The summed E-state index contributed by atoms with van der Waals surface area (Å²) in [4.78, 5) is 10.4. The van der Waals surface area contributed by atoms with E-state index in [2.05, 4.69) is 9.47 Å². The van der Waals surface area contributed by atoms with Crippen molar-refractivity contribution in [3.63, 3.8) is 0 Å². The zero-order valence-electron chi connectivity index (χ0n) is 8.28. The van der Waals surface area contributed by atoms with Gasteiger partial charge < -0.3 is 9.47 Å². The molecular weight excluding hydrogens is 265 g/mol. The second-order valence-corrected chi connectivity index (χ2v) is 2.78. The monoisotopic (exact) mass is 272 g/mol. The third-order valence-corrected chi connectivity index (χ3v) is 1.53. The number of alkyl halides is 7. The number of rotatable bonds is 5. The standard InChI is InChI=1S/C7H7F7O3/c1-16-2-3-17-4(15)5(8,9)6(10,11)7(12,13)14/h2-3H2,1H3. The van der Waals surface area contributed by atoms with Crippen LogP contribution < -0.4 is 0 Å². The van der Waals surface area contributed by atoms with E-state index in [0.717, 1.165) is 7.11 Å². The summed E-state index contributed by atoms with van der Waals surface area (Å²) in [6.07, 6.45) is -6.56. The Morgan fingerprint density at radius 2 is 1.47 bits per heavy atom. The molecule has 0 spiro atoms. The highest BCUT2D eigenvalue weighted by atomic mass is 19.4. The van der Waals surface area contributed by atoms with Gasteiger partial charge >= 0.3 is 24.0 Å². The Hall–Kier alpha value is -1.06. The SMILES string of the molecule is COCCOC(=O)C(F)(F)C(F)(F)C(F)(F)F. The number of esters is 1. The Morgan fingerprint density at radius 1 is 1.00 bits per heavy atom. The first-order valence-electron chi connectivity index (χ1n) is 3.97. The van der Waals surface area contributed by atoms with Crippen LogP contribution in [0.4, 0.5) is 30.7 Å². The van der Waals surface area contributed by atoms with Gasteiger partial charge in [-0.2, -0.15) is 30.7 Å². The average Bonchev–Trinajstić information content (AvgIpc) is 2.15. The van der Waals surface area contributed by atoms with Gasteiger partial charge in [0, 0.05) is 7.11 Å². The number of halogens is 7. The van der Waals surface area contributed by atoms with Crippen LogP contribution >= 0.6 is 0 Å². The van der Waals surface area contributed by atoms with Crippen LogP contribution in [0.1, 0.15) is 0 Å². The zero-order valence-corrected chi connectivity index (χ0v) is 8.28. The minimum atomic E-state index is -6.56. The van der Waals surface area contributed by atoms with Crippen molar-refractivity contribution in [1.82, 2.24) is 0 Å². The van der Waals surface area contributed by atoms with Crippen molar-refractivity contribution in [1.29, 1.82) is 0 Å². The molecule has 0 aliphatic carbocycles. The fourth-order valence-electron chi connectivity index (χ4n) is 0.615. The van der Waals surface area contributed by atoms with Crippen molar-refractivity contribution >= 4 is 5.97 Å². The molecule has 0 aromatic rings. The first-order chi connectivity index (χ1) is 7.48. The van der Waals surface area contributed by atoms with Gasteiger partial charge in [0.25, 0.3) is 0 Å². The van der Waals surface area contributed by atoms with Crippen molar-refractivity contribution in [2.24, 2.45) is 0 Å². The highest BCUT2D eigenvalue weighted by molar-refractivity contribution is 5.79. The van der Waals surface area contributed by atoms with Crippen LogP contribution in [-0.4, -0.2) is 44.3 Å². The summed E-state index contributed by atoms with van der Waals surface area (Å²) in [6, 6.07) is 0. The Balaban J connectivity index is 4.82. The summed E-state index contributed by atoms with van der Waals surface area (Å²) in [6.45, 7) is -1.28. The lowest BCUT2D eigenvalue weighted by atomic mass is 10.1. The minimum Gasteiger partial charge on any atom is -0.459 e. The average molecular weight is 272 g/mol. The van der Waals surface area contributed by atoms with Crippen LogP contribution in [0.5, 0.6) is 0 Å². The predicted octanol–water partition coefficient (Wildman–Crippen LogP) is 2.01. The minimum absolute atomic E-state index is 0.417. The molecule has 0 saturated carbocycles. The summed E-state index contributed by atoms with van der Waals surface area (Å²) in [5.74, 6) is -15.4. The van der Waals surface area contributed by atoms with Gasteiger partial charge in [0.2, 0.25) is 0 Å². The summed E-state index contributed by atoms with van der Waals surface area (Å²) in [7, 11) is 1.08. The molecule has 3 nitrogen and oxygen atoms in total. The predicted molar refractivity (Wildman–Crippen MR) is 38.8 cm³/mol. The van der Waals surface area contributed by atoms with E-state index < -0.39 is 37.2 Å². The number of carbonyl (C=O) groups is 1. The van der Waals surface area contributed by atoms with Crippen molar-refractivity contribution in [3.8, 4) is 0 Å². The fourth-order valence-corrected chi connectivity index (χ4v) is 0.615. The molecule has 0 aliphatic rings. The smallest absolute Gasteiger partial charge is 0.459 e. The lowest BCUT2D eigenvalue weighted by Crippen LogP contribution is -2.56. The molecular formula is C7H7F7O3. The van der Waals surface area contributed by atoms with Crippen LogP contribution in [-0.2, 0) is 14.3 Å². The number of hydrogen-bond acceptors (Lipinski definition) is 3. The quantitative estimate of drug-likeness (QED) is 0.436. The molecule has 10 heteroatoms. The number of methoxy groups -OCH3 is 1. The van der Waals surface area contributed by atoms with E-state index in [-0.39, 0.29) is 0 Å². The Morgan fingerprint density at radius 3 is 1.82 bits per heavy atom.